The van der Waals surface area contributed by atoms with E-state index in [0.717, 1.165) is 17.0 Å². The van der Waals surface area contributed by atoms with Crippen LogP contribution in [0.1, 0.15) is 49.7 Å². The number of rotatable bonds is 7. The lowest BCUT2D eigenvalue weighted by molar-refractivity contribution is -0.138. The van der Waals surface area contributed by atoms with Gasteiger partial charge in [0.15, 0.2) is 5.78 Å². The summed E-state index contributed by atoms with van der Waals surface area (Å²) in [6.07, 6.45) is 1.01. The van der Waals surface area contributed by atoms with Crippen molar-refractivity contribution in [2.24, 2.45) is 0 Å². The number of halogens is 1. The van der Waals surface area contributed by atoms with Crippen LogP contribution >= 0.6 is 11.8 Å². The minimum Gasteiger partial charge on any atom is -0.461 e. The molecule has 2 aromatic rings. The Morgan fingerprint density at radius 2 is 1.88 bits per heavy atom. The van der Waals surface area contributed by atoms with Crippen LogP contribution in [-0.4, -0.2) is 29.9 Å². The summed E-state index contributed by atoms with van der Waals surface area (Å²) in [5.41, 5.74) is 4.09. The van der Waals surface area contributed by atoms with Crippen LogP contribution in [0.15, 0.2) is 77.1 Å². The van der Waals surface area contributed by atoms with Gasteiger partial charge in [0.25, 0.3) is 0 Å². The summed E-state index contributed by atoms with van der Waals surface area (Å²) in [5, 5.41) is 3.33. The number of benzene rings is 2. The highest BCUT2D eigenvalue weighted by atomic mass is 32.2. The van der Waals surface area contributed by atoms with E-state index in [2.05, 4.69) is 12.2 Å². The molecule has 0 bridgehead atoms. The van der Waals surface area contributed by atoms with Crippen LogP contribution in [0.3, 0.4) is 0 Å². The number of esters is 1. The SMILES string of the molecule is CCSCCOC(=O)C1=C(C)NC2=C(C(=O)C[C@@H](c3ccccc3)C2)[C@@H]1c1cccc(F)c1. The van der Waals surface area contributed by atoms with Crippen molar-refractivity contribution in [1.82, 2.24) is 5.32 Å². The van der Waals surface area contributed by atoms with Crippen LogP contribution in [0.4, 0.5) is 4.39 Å². The third-order valence-corrected chi connectivity index (χ3v) is 7.03. The van der Waals surface area contributed by atoms with Crippen LogP contribution in [0.25, 0.3) is 0 Å². The lowest BCUT2D eigenvalue weighted by Crippen LogP contribution is -2.36. The normalized spacial score (nSPS) is 20.4. The number of thioether (sulfide) groups is 1. The third kappa shape index (κ3) is 5.06. The largest absolute Gasteiger partial charge is 0.461 e. The van der Waals surface area contributed by atoms with Gasteiger partial charge in [-0.3, -0.25) is 4.79 Å². The Kier molecular flexibility index (Phi) is 7.33. The summed E-state index contributed by atoms with van der Waals surface area (Å²) in [6.45, 7) is 4.17. The molecule has 2 aromatic carbocycles. The molecule has 0 radical (unpaired) electrons. The lowest BCUT2D eigenvalue weighted by Gasteiger charge is -2.36. The second-order valence-corrected chi connectivity index (χ2v) is 9.71. The molecule has 33 heavy (non-hydrogen) atoms. The number of ether oxygens (including phenoxy) is 1. The summed E-state index contributed by atoms with van der Waals surface area (Å²) >= 11 is 1.69. The molecule has 0 saturated heterocycles. The van der Waals surface area contributed by atoms with Gasteiger partial charge >= 0.3 is 5.97 Å². The van der Waals surface area contributed by atoms with Gasteiger partial charge in [-0.25, -0.2) is 9.18 Å². The first-order valence-corrected chi connectivity index (χ1v) is 12.4. The molecule has 0 spiro atoms. The monoisotopic (exact) mass is 465 g/mol. The Morgan fingerprint density at radius 3 is 2.61 bits per heavy atom. The summed E-state index contributed by atoms with van der Waals surface area (Å²) in [7, 11) is 0. The van der Waals surface area contributed by atoms with Crippen molar-refractivity contribution in [2.45, 2.75) is 38.5 Å². The molecule has 2 aliphatic rings. The molecule has 2 atom stereocenters. The zero-order valence-electron chi connectivity index (χ0n) is 18.9. The van der Waals surface area contributed by atoms with E-state index >= 15 is 0 Å². The number of ketones is 1. The maximum Gasteiger partial charge on any atom is 0.336 e. The summed E-state index contributed by atoms with van der Waals surface area (Å²) in [4.78, 5) is 26.6. The van der Waals surface area contributed by atoms with Gasteiger partial charge in [0.2, 0.25) is 0 Å². The number of allylic oxidation sites excluding steroid dienone is 3. The molecule has 0 unspecified atom stereocenters. The standard InChI is InChI=1S/C27H28FNO3S/c1-3-33-13-12-32-27(31)24-17(2)29-22-15-20(18-8-5-4-6-9-18)16-23(30)26(22)25(24)19-10-7-11-21(28)14-19/h4-11,14,20,25,29H,3,12-13,15-16H2,1-2H3/t20-,25+/m0/s1. The van der Waals surface area contributed by atoms with Gasteiger partial charge in [0.05, 0.1) is 5.57 Å². The molecule has 1 N–H and O–H groups in total. The van der Waals surface area contributed by atoms with Gasteiger partial charge in [-0.15, -0.1) is 0 Å². The zero-order chi connectivity index (χ0) is 23.4. The van der Waals surface area contributed by atoms with Crippen molar-refractivity contribution in [3.63, 3.8) is 0 Å². The van der Waals surface area contributed by atoms with E-state index in [4.69, 9.17) is 4.74 Å². The fourth-order valence-electron chi connectivity index (χ4n) is 4.71. The molecule has 172 valence electrons. The third-order valence-electron chi connectivity index (χ3n) is 6.17. The molecular formula is C27H28FNO3S. The van der Waals surface area contributed by atoms with E-state index in [1.807, 2.05) is 37.3 Å². The molecule has 1 heterocycles. The number of hydrogen-bond donors (Lipinski definition) is 1. The predicted molar refractivity (Wildman–Crippen MR) is 129 cm³/mol. The number of carbonyl (C=O) groups excluding carboxylic acids is 2. The van der Waals surface area contributed by atoms with Crippen LogP contribution in [0.2, 0.25) is 0 Å². The maximum atomic E-state index is 14.2. The molecule has 0 saturated carbocycles. The van der Waals surface area contributed by atoms with Crippen molar-refractivity contribution in [3.8, 4) is 0 Å². The smallest absolute Gasteiger partial charge is 0.336 e. The first-order chi connectivity index (χ1) is 16.0. The van der Waals surface area contributed by atoms with Crippen LogP contribution in [0, 0.1) is 5.82 Å². The quantitative estimate of drug-likeness (QED) is 0.433. The van der Waals surface area contributed by atoms with E-state index in [0.29, 0.717) is 47.6 Å². The van der Waals surface area contributed by atoms with Gasteiger partial charge in [-0.05, 0) is 48.3 Å². The topological polar surface area (TPSA) is 55.4 Å². The highest BCUT2D eigenvalue weighted by molar-refractivity contribution is 7.99. The van der Waals surface area contributed by atoms with Gasteiger partial charge in [-0.1, -0.05) is 49.4 Å². The second-order valence-electron chi connectivity index (χ2n) is 8.32. The molecule has 0 aromatic heterocycles. The lowest BCUT2D eigenvalue weighted by atomic mass is 9.72. The zero-order valence-corrected chi connectivity index (χ0v) is 19.7. The fraction of sp³-hybridized carbons (Fsp3) is 0.333. The first-order valence-electron chi connectivity index (χ1n) is 11.3. The van der Waals surface area contributed by atoms with Gasteiger partial charge in [0.1, 0.15) is 12.4 Å². The van der Waals surface area contributed by atoms with Crippen molar-refractivity contribution in [2.75, 3.05) is 18.1 Å². The van der Waals surface area contributed by atoms with Crippen molar-refractivity contribution >= 4 is 23.5 Å². The Hall–Kier alpha value is -2.86. The van der Waals surface area contributed by atoms with Crippen molar-refractivity contribution in [3.05, 3.63) is 94.1 Å². The number of dihydropyridines is 1. The second kappa shape index (κ2) is 10.4. The number of Topliss-reactive ketones (excluding diaryl/α,β-unsaturated/α-hetero) is 1. The molecule has 4 nitrogen and oxygen atoms in total. The number of carbonyl (C=O) groups is 2. The molecular weight excluding hydrogens is 437 g/mol. The summed E-state index contributed by atoms with van der Waals surface area (Å²) in [5.74, 6) is 0.182. The molecule has 0 fully saturated rings. The maximum absolute atomic E-state index is 14.2. The Balaban J connectivity index is 1.72. The Bertz CT molecular complexity index is 1110. The van der Waals surface area contributed by atoms with Crippen LogP contribution in [-0.2, 0) is 14.3 Å². The highest BCUT2D eigenvalue weighted by Crippen LogP contribution is 2.45. The van der Waals surface area contributed by atoms with E-state index in [1.54, 1.807) is 23.9 Å². The number of nitrogens with one attached hydrogen (secondary N) is 1. The average Bonchev–Trinajstić information content (AvgIpc) is 2.81. The fourth-order valence-corrected chi connectivity index (χ4v) is 5.20. The van der Waals surface area contributed by atoms with Crippen LogP contribution < -0.4 is 5.32 Å². The van der Waals surface area contributed by atoms with Gasteiger partial charge in [0, 0.05) is 35.1 Å². The summed E-state index contributed by atoms with van der Waals surface area (Å²) < 4.78 is 19.7. The van der Waals surface area contributed by atoms with Crippen molar-refractivity contribution in [1.29, 1.82) is 0 Å². The Labute approximate surface area is 198 Å². The molecule has 1 aliphatic heterocycles. The van der Waals surface area contributed by atoms with Crippen molar-refractivity contribution < 1.29 is 18.7 Å². The van der Waals surface area contributed by atoms with Gasteiger partial charge < -0.3 is 10.1 Å². The van der Waals surface area contributed by atoms with E-state index in [1.165, 1.54) is 12.1 Å². The number of hydrogen-bond acceptors (Lipinski definition) is 5. The predicted octanol–water partition coefficient (Wildman–Crippen LogP) is 5.48. The molecule has 4 rings (SSSR count). The average molecular weight is 466 g/mol. The minimum atomic E-state index is -0.646. The van der Waals surface area contributed by atoms with Crippen LogP contribution in [0.5, 0.6) is 0 Å². The van der Waals surface area contributed by atoms with Gasteiger partial charge in [-0.2, -0.15) is 11.8 Å². The van der Waals surface area contributed by atoms with E-state index in [-0.39, 0.29) is 11.7 Å². The molecule has 0 amide bonds. The van der Waals surface area contributed by atoms with E-state index in [9.17, 15) is 14.0 Å². The molecule has 1 aliphatic carbocycles. The van der Waals surface area contributed by atoms with E-state index < -0.39 is 17.7 Å². The highest BCUT2D eigenvalue weighted by Gasteiger charge is 2.41. The first kappa shape index (κ1) is 23.3. The Morgan fingerprint density at radius 1 is 1.12 bits per heavy atom. The minimum absolute atomic E-state index is 0.0220. The molecule has 6 heteroatoms. The summed E-state index contributed by atoms with van der Waals surface area (Å²) in [6, 6.07) is 16.1.